The van der Waals surface area contributed by atoms with Gasteiger partial charge in [0.15, 0.2) is 0 Å². The van der Waals surface area contributed by atoms with Gasteiger partial charge < -0.3 is 14.5 Å². The van der Waals surface area contributed by atoms with Gasteiger partial charge in [-0.15, -0.1) is 0 Å². The van der Waals surface area contributed by atoms with E-state index in [1.165, 1.54) is 0 Å². The van der Waals surface area contributed by atoms with Crippen LogP contribution in [-0.4, -0.2) is 70.3 Å². The number of hydrogen-bond acceptors (Lipinski definition) is 4. The maximum absolute atomic E-state index is 12.8. The summed E-state index contributed by atoms with van der Waals surface area (Å²) in [6.07, 6.45) is 1.60. The number of carbonyl (C=O) groups is 2. The highest BCUT2D eigenvalue weighted by Crippen LogP contribution is 2.25. The molecule has 0 saturated carbocycles. The molecule has 4 rings (SSSR count). The van der Waals surface area contributed by atoms with E-state index < -0.39 is 0 Å². The quantitative estimate of drug-likeness (QED) is 0.808. The molecule has 2 saturated heterocycles. The Balaban J connectivity index is 1.46. The first-order valence-electron chi connectivity index (χ1n) is 8.86. The number of nitrogens with zero attached hydrogens (tertiary/aromatic N) is 4. The number of ether oxygens (including phenoxy) is 1. The molecule has 1 aromatic heterocycles. The van der Waals surface area contributed by atoms with Crippen molar-refractivity contribution in [2.75, 3.05) is 32.8 Å². The molecule has 2 amide bonds. The summed E-state index contributed by atoms with van der Waals surface area (Å²) in [6.45, 7) is 2.83. The lowest BCUT2D eigenvalue weighted by Gasteiger charge is -2.23. The summed E-state index contributed by atoms with van der Waals surface area (Å²) in [5.41, 5.74) is 1.26. The second kappa shape index (κ2) is 6.92. The highest BCUT2D eigenvalue weighted by molar-refractivity contribution is 5.94. The fourth-order valence-corrected chi connectivity index (χ4v) is 3.75. The first-order chi connectivity index (χ1) is 12.6. The number of fused-ring (bicyclic) bond motifs is 1. The van der Waals surface area contributed by atoms with Gasteiger partial charge in [0.05, 0.1) is 12.7 Å². The number of aryl methyl sites for hydroxylation is 1. The highest BCUT2D eigenvalue weighted by Gasteiger charge is 2.40. The van der Waals surface area contributed by atoms with Crippen molar-refractivity contribution in [1.82, 2.24) is 19.6 Å². The minimum Gasteiger partial charge on any atom is -0.374 e. The van der Waals surface area contributed by atoms with Crippen molar-refractivity contribution in [3.8, 4) is 0 Å². The van der Waals surface area contributed by atoms with Crippen molar-refractivity contribution in [1.29, 1.82) is 0 Å². The van der Waals surface area contributed by atoms with Crippen molar-refractivity contribution in [3.05, 3.63) is 53.9 Å². The molecule has 2 aliphatic heterocycles. The molecule has 2 aliphatic rings. The van der Waals surface area contributed by atoms with Crippen LogP contribution < -0.4 is 0 Å². The summed E-state index contributed by atoms with van der Waals surface area (Å²) < 4.78 is 7.55. The van der Waals surface area contributed by atoms with Crippen molar-refractivity contribution in [2.45, 2.75) is 6.10 Å². The zero-order valence-corrected chi connectivity index (χ0v) is 14.7. The zero-order valence-electron chi connectivity index (χ0n) is 14.7. The van der Waals surface area contributed by atoms with Gasteiger partial charge in [0.2, 0.25) is 0 Å². The number of benzene rings is 1. The Kier molecular flexibility index (Phi) is 4.46. The molecule has 2 aromatic rings. The predicted octanol–water partition coefficient (Wildman–Crippen LogP) is 1.03. The van der Waals surface area contributed by atoms with Crippen molar-refractivity contribution < 1.29 is 14.3 Å². The normalized spacial score (nSPS) is 22.8. The summed E-state index contributed by atoms with van der Waals surface area (Å²) in [7, 11) is 1.76. The Morgan fingerprint density at radius 3 is 2.54 bits per heavy atom. The van der Waals surface area contributed by atoms with Gasteiger partial charge in [-0.1, -0.05) is 18.2 Å². The van der Waals surface area contributed by atoms with Gasteiger partial charge in [-0.05, 0) is 18.2 Å². The SMILES string of the molecule is Cn1nccc1C(=O)N1C[C@@H]2CN(C(=O)c3ccccc3)CCO[C@@H]2C1. The number of carbonyl (C=O) groups excluding carboxylic acids is 2. The zero-order chi connectivity index (χ0) is 18.1. The van der Waals surface area contributed by atoms with E-state index in [2.05, 4.69) is 5.10 Å². The van der Waals surface area contributed by atoms with Gasteiger partial charge in [0, 0.05) is 50.9 Å². The van der Waals surface area contributed by atoms with Crippen LogP contribution >= 0.6 is 0 Å². The third-order valence-corrected chi connectivity index (χ3v) is 5.16. The maximum Gasteiger partial charge on any atom is 0.272 e. The molecule has 26 heavy (non-hydrogen) atoms. The van der Waals surface area contributed by atoms with E-state index >= 15 is 0 Å². The predicted molar refractivity (Wildman–Crippen MR) is 94.7 cm³/mol. The summed E-state index contributed by atoms with van der Waals surface area (Å²) in [4.78, 5) is 29.1. The molecular formula is C19H22N4O3. The molecule has 7 nitrogen and oxygen atoms in total. The molecule has 7 heteroatoms. The van der Waals surface area contributed by atoms with Gasteiger partial charge >= 0.3 is 0 Å². The maximum atomic E-state index is 12.8. The molecule has 0 radical (unpaired) electrons. The van der Waals surface area contributed by atoms with E-state index in [1.807, 2.05) is 40.1 Å². The highest BCUT2D eigenvalue weighted by atomic mass is 16.5. The number of likely N-dealkylation sites (tertiary alicyclic amines) is 1. The van der Waals surface area contributed by atoms with Crippen LogP contribution in [0.25, 0.3) is 0 Å². The van der Waals surface area contributed by atoms with E-state index in [0.29, 0.717) is 44.0 Å². The van der Waals surface area contributed by atoms with E-state index in [0.717, 1.165) is 0 Å². The molecule has 1 aromatic carbocycles. The topological polar surface area (TPSA) is 67.7 Å². The molecule has 136 valence electrons. The van der Waals surface area contributed by atoms with E-state index in [9.17, 15) is 9.59 Å². The second-order valence-corrected chi connectivity index (χ2v) is 6.84. The lowest BCUT2D eigenvalue weighted by Crippen LogP contribution is -2.38. The molecule has 0 aliphatic carbocycles. The molecular weight excluding hydrogens is 332 g/mol. The molecule has 3 heterocycles. The molecule has 2 atom stereocenters. The number of aromatic nitrogens is 2. The van der Waals surface area contributed by atoms with E-state index in [-0.39, 0.29) is 23.8 Å². The fraction of sp³-hybridized carbons (Fsp3) is 0.421. The van der Waals surface area contributed by atoms with E-state index in [1.54, 1.807) is 24.0 Å². The monoisotopic (exact) mass is 354 g/mol. The minimum absolute atomic E-state index is 0.0197. The Labute approximate surface area is 152 Å². The van der Waals surface area contributed by atoms with Crippen molar-refractivity contribution in [2.24, 2.45) is 13.0 Å². The van der Waals surface area contributed by atoms with Crippen LogP contribution in [0, 0.1) is 5.92 Å². The van der Waals surface area contributed by atoms with Crippen LogP contribution in [0.2, 0.25) is 0 Å². The van der Waals surface area contributed by atoms with Crippen molar-refractivity contribution in [3.63, 3.8) is 0 Å². The van der Waals surface area contributed by atoms with Crippen LogP contribution in [-0.2, 0) is 11.8 Å². The lowest BCUT2D eigenvalue weighted by atomic mass is 10.1. The Bertz CT molecular complexity index is 804. The Morgan fingerprint density at radius 1 is 1.04 bits per heavy atom. The van der Waals surface area contributed by atoms with Crippen LogP contribution in [0.1, 0.15) is 20.8 Å². The standard InChI is InChI=1S/C19H22N4O3/c1-21-16(7-8-20-21)19(25)23-12-15-11-22(9-10-26-17(15)13-23)18(24)14-5-3-2-4-6-14/h2-8,15,17H,9-13H2,1H3/t15-,17+/m0/s1. The first-order valence-corrected chi connectivity index (χ1v) is 8.86. The number of rotatable bonds is 2. The Morgan fingerprint density at radius 2 is 1.81 bits per heavy atom. The van der Waals surface area contributed by atoms with Gasteiger partial charge in [0.25, 0.3) is 11.8 Å². The molecule has 0 N–H and O–H groups in total. The van der Waals surface area contributed by atoms with E-state index in [4.69, 9.17) is 4.74 Å². The molecule has 2 fully saturated rings. The van der Waals surface area contributed by atoms with Gasteiger partial charge in [-0.2, -0.15) is 5.10 Å². The average Bonchev–Trinajstić information content (AvgIpc) is 3.22. The van der Waals surface area contributed by atoms with Gasteiger partial charge in [-0.25, -0.2) is 0 Å². The van der Waals surface area contributed by atoms with Crippen LogP contribution in [0.4, 0.5) is 0 Å². The lowest BCUT2D eigenvalue weighted by molar-refractivity contribution is 0.0475. The summed E-state index contributed by atoms with van der Waals surface area (Å²) in [6, 6.07) is 11.0. The first kappa shape index (κ1) is 16.8. The third kappa shape index (κ3) is 3.10. The largest absolute Gasteiger partial charge is 0.374 e. The average molecular weight is 354 g/mol. The van der Waals surface area contributed by atoms with Gasteiger partial charge in [0.1, 0.15) is 5.69 Å². The van der Waals surface area contributed by atoms with Crippen LogP contribution in [0.5, 0.6) is 0 Å². The number of amides is 2. The summed E-state index contributed by atoms with van der Waals surface area (Å²) in [5, 5.41) is 4.07. The number of hydrogen-bond donors (Lipinski definition) is 0. The van der Waals surface area contributed by atoms with Crippen molar-refractivity contribution >= 4 is 11.8 Å². The van der Waals surface area contributed by atoms with Crippen LogP contribution in [0.15, 0.2) is 42.6 Å². The summed E-state index contributed by atoms with van der Waals surface area (Å²) >= 11 is 0. The molecule has 0 spiro atoms. The van der Waals surface area contributed by atoms with Gasteiger partial charge in [-0.3, -0.25) is 14.3 Å². The fourth-order valence-electron chi connectivity index (χ4n) is 3.75. The Hall–Kier alpha value is -2.67. The minimum atomic E-state index is -0.0393. The smallest absolute Gasteiger partial charge is 0.272 e. The van der Waals surface area contributed by atoms with Crippen LogP contribution in [0.3, 0.4) is 0 Å². The molecule has 0 unspecified atom stereocenters. The third-order valence-electron chi connectivity index (χ3n) is 5.16. The molecule has 0 bridgehead atoms. The summed E-state index contributed by atoms with van der Waals surface area (Å²) in [5.74, 6) is 0.108. The second-order valence-electron chi connectivity index (χ2n) is 6.84.